The second-order valence-corrected chi connectivity index (χ2v) is 8.10. The number of aryl methyl sites for hydroxylation is 1. The maximum absolute atomic E-state index is 12.8. The van der Waals surface area contributed by atoms with E-state index in [-0.39, 0.29) is 11.8 Å². The summed E-state index contributed by atoms with van der Waals surface area (Å²) in [4.78, 5) is 29.0. The molecule has 0 spiro atoms. The molecule has 8 heteroatoms. The van der Waals surface area contributed by atoms with Gasteiger partial charge in [-0.15, -0.1) is 0 Å². The summed E-state index contributed by atoms with van der Waals surface area (Å²) in [5, 5.41) is 10.6. The molecule has 0 saturated carbocycles. The minimum Gasteiger partial charge on any atom is -0.335 e. The Hall–Kier alpha value is -3.16. The third kappa shape index (κ3) is 5.31. The number of aromatic amines is 1. The topological polar surface area (TPSA) is 81.3 Å². The highest BCUT2D eigenvalue weighted by Gasteiger charge is 2.24. The van der Waals surface area contributed by atoms with Gasteiger partial charge in [-0.1, -0.05) is 41.4 Å². The fourth-order valence-electron chi connectivity index (χ4n) is 3.55. The van der Waals surface area contributed by atoms with E-state index in [4.69, 9.17) is 11.6 Å². The number of amides is 2. The number of nitrogens with zero attached hydrogens (tertiary/aromatic N) is 3. The zero-order valence-electron chi connectivity index (χ0n) is 17.3. The molecule has 0 unspecified atom stereocenters. The van der Waals surface area contributed by atoms with Crippen LogP contribution in [0.15, 0.2) is 54.6 Å². The highest BCUT2D eigenvalue weighted by Crippen LogP contribution is 2.22. The van der Waals surface area contributed by atoms with Gasteiger partial charge < -0.3 is 10.2 Å². The van der Waals surface area contributed by atoms with Crippen molar-refractivity contribution in [3.8, 4) is 11.3 Å². The number of hydrogen-bond donors (Lipinski definition) is 2. The Morgan fingerprint density at radius 1 is 1.06 bits per heavy atom. The quantitative estimate of drug-likeness (QED) is 0.640. The van der Waals surface area contributed by atoms with E-state index in [1.54, 1.807) is 17.0 Å². The maximum Gasteiger partial charge on any atom is 0.271 e. The van der Waals surface area contributed by atoms with Gasteiger partial charge in [0.25, 0.3) is 5.91 Å². The van der Waals surface area contributed by atoms with Gasteiger partial charge in [-0.2, -0.15) is 5.10 Å². The lowest BCUT2D eigenvalue weighted by Gasteiger charge is -2.34. The zero-order valence-corrected chi connectivity index (χ0v) is 18.0. The molecule has 2 heterocycles. The standard InChI is InChI=1S/C23H24ClN5O2/c1-16-5-7-19(8-6-16)25-22(30)15-28-9-11-29(12-10-28)23(31)21-14-20(26-27-21)17-3-2-4-18(24)13-17/h2-8,13-14H,9-12,15H2,1H3,(H,25,30)(H,26,27). The minimum absolute atomic E-state index is 0.0524. The van der Waals surface area contributed by atoms with E-state index in [0.717, 1.165) is 16.8 Å². The van der Waals surface area contributed by atoms with E-state index in [2.05, 4.69) is 20.4 Å². The van der Waals surface area contributed by atoms with Crippen molar-refractivity contribution in [2.75, 3.05) is 38.0 Å². The number of carbonyl (C=O) groups excluding carboxylic acids is 2. The molecule has 2 amide bonds. The normalized spacial score (nSPS) is 14.5. The summed E-state index contributed by atoms with van der Waals surface area (Å²) >= 11 is 6.04. The van der Waals surface area contributed by atoms with Crippen LogP contribution in [0.25, 0.3) is 11.3 Å². The highest BCUT2D eigenvalue weighted by molar-refractivity contribution is 6.30. The molecule has 160 valence electrons. The SMILES string of the molecule is Cc1ccc(NC(=O)CN2CCN(C(=O)c3cc(-c4cccc(Cl)c4)n[nH]3)CC2)cc1. The number of piperazine rings is 1. The van der Waals surface area contributed by atoms with Crippen molar-refractivity contribution in [1.29, 1.82) is 0 Å². The van der Waals surface area contributed by atoms with Crippen molar-refractivity contribution in [2.24, 2.45) is 0 Å². The molecule has 0 atom stereocenters. The van der Waals surface area contributed by atoms with Gasteiger partial charge in [-0.05, 0) is 37.3 Å². The maximum atomic E-state index is 12.8. The Kier molecular flexibility index (Phi) is 6.34. The molecule has 0 bridgehead atoms. The fraction of sp³-hybridized carbons (Fsp3) is 0.261. The number of nitrogens with one attached hydrogen (secondary N) is 2. The first-order valence-corrected chi connectivity index (χ1v) is 10.6. The molecule has 1 aromatic heterocycles. The molecular weight excluding hydrogens is 414 g/mol. The molecule has 31 heavy (non-hydrogen) atoms. The first kappa shape index (κ1) is 21.1. The van der Waals surface area contributed by atoms with Gasteiger partial charge in [0.05, 0.1) is 12.2 Å². The molecule has 3 aromatic rings. The summed E-state index contributed by atoms with van der Waals surface area (Å²) in [7, 11) is 0. The van der Waals surface area contributed by atoms with Crippen LogP contribution in [-0.4, -0.2) is 64.5 Å². The summed E-state index contributed by atoms with van der Waals surface area (Å²) in [5.74, 6) is -0.145. The van der Waals surface area contributed by atoms with E-state index in [1.165, 1.54) is 0 Å². The van der Waals surface area contributed by atoms with Crippen molar-refractivity contribution < 1.29 is 9.59 Å². The summed E-state index contributed by atoms with van der Waals surface area (Å²) < 4.78 is 0. The number of halogens is 1. The molecule has 7 nitrogen and oxygen atoms in total. The van der Waals surface area contributed by atoms with Crippen LogP contribution in [0.3, 0.4) is 0 Å². The van der Waals surface area contributed by atoms with Crippen LogP contribution in [0.5, 0.6) is 0 Å². The van der Waals surface area contributed by atoms with Crippen LogP contribution < -0.4 is 5.32 Å². The van der Waals surface area contributed by atoms with E-state index >= 15 is 0 Å². The van der Waals surface area contributed by atoms with Gasteiger partial charge in [0, 0.05) is 42.5 Å². The van der Waals surface area contributed by atoms with Crippen LogP contribution in [0, 0.1) is 6.92 Å². The average molecular weight is 438 g/mol. The van der Waals surface area contributed by atoms with E-state index in [9.17, 15) is 9.59 Å². The predicted octanol–water partition coefficient (Wildman–Crippen LogP) is 3.44. The molecule has 4 rings (SSSR count). The first-order valence-electron chi connectivity index (χ1n) is 10.2. The number of H-pyrrole nitrogens is 1. The number of carbonyl (C=O) groups is 2. The van der Waals surface area contributed by atoms with Crippen molar-refractivity contribution in [3.05, 3.63) is 70.9 Å². The monoisotopic (exact) mass is 437 g/mol. The van der Waals surface area contributed by atoms with Crippen molar-refractivity contribution >= 4 is 29.1 Å². The Labute approximate surface area is 186 Å². The summed E-state index contributed by atoms with van der Waals surface area (Å²) in [6.07, 6.45) is 0. The van der Waals surface area contributed by atoms with Crippen LogP contribution in [0.1, 0.15) is 16.1 Å². The number of benzene rings is 2. The highest BCUT2D eigenvalue weighted by atomic mass is 35.5. The third-order valence-electron chi connectivity index (χ3n) is 5.29. The predicted molar refractivity (Wildman–Crippen MR) is 121 cm³/mol. The Bertz CT molecular complexity index is 1070. The Morgan fingerprint density at radius 3 is 2.52 bits per heavy atom. The lowest BCUT2D eigenvalue weighted by molar-refractivity contribution is -0.117. The molecule has 2 aromatic carbocycles. The van der Waals surface area contributed by atoms with Crippen LogP contribution in [-0.2, 0) is 4.79 Å². The van der Waals surface area contributed by atoms with Gasteiger partial charge in [-0.3, -0.25) is 19.6 Å². The Balaban J connectivity index is 1.29. The lowest BCUT2D eigenvalue weighted by atomic mass is 10.1. The molecule has 2 N–H and O–H groups in total. The molecular formula is C23H24ClN5O2. The second kappa shape index (κ2) is 9.32. The number of aromatic nitrogens is 2. The van der Waals surface area contributed by atoms with Gasteiger partial charge in [0.2, 0.25) is 5.91 Å². The van der Waals surface area contributed by atoms with Crippen molar-refractivity contribution in [1.82, 2.24) is 20.0 Å². The molecule has 1 aliphatic rings. The molecule has 1 fully saturated rings. The lowest BCUT2D eigenvalue weighted by Crippen LogP contribution is -2.50. The smallest absolute Gasteiger partial charge is 0.271 e. The van der Waals surface area contributed by atoms with E-state index in [1.807, 2.05) is 49.4 Å². The summed E-state index contributed by atoms with van der Waals surface area (Å²) in [5.41, 5.74) is 3.92. The average Bonchev–Trinajstić information content (AvgIpc) is 3.26. The second-order valence-electron chi connectivity index (χ2n) is 7.66. The zero-order chi connectivity index (χ0) is 21.8. The molecule has 1 saturated heterocycles. The van der Waals surface area contributed by atoms with Crippen LogP contribution in [0.2, 0.25) is 5.02 Å². The number of rotatable bonds is 5. The third-order valence-corrected chi connectivity index (χ3v) is 5.53. The van der Waals surface area contributed by atoms with E-state index < -0.39 is 0 Å². The minimum atomic E-state index is -0.0930. The van der Waals surface area contributed by atoms with Gasteiger partial charge in [-0.25, -0.2) is 0 Å². The van der Waals surface area contributed by atoms with Crippen molar-refractivity contribution in [2.45, 2.75) is 6.92 Å². The molecule has 1 aliphatic heterocycles. The van der Waals surface area contributed by atoms with Gasteiger partial charge in [0.15, 0.2) is 0 Å². The molecule has 0 radical (unpaired) electrons. The van der Waals surface area contributed by atoms with Crippen LogP contribution >= 0.6 is 11.6 Å². The fourth-order valence-corrected chi connectivity index (χ4v) is 3.74. The van der Waals surface area contributed by atoms with Gasteiger partial charge in [0.1, 0.15) is 5.69 Å². The largest absolute Gasteiger partial charge is 0.335 e. The number of anilines is 1. The first-order chi connectivity index (χ1) is 15.0. The summed E-state index contributed by atoms with van der Waals surface area (Å²) in [6, 6.07) is 16.8. The van der Waals surface area contributed by atoms with Crippen LogP contribution in [0.4, 0.5) is 5.69 Å². The Morgan fingerprint density at radius 2 is 1.81 bits per heavy atom. The summed E-state index contributed by atoms with van der Waals surface area (Å²) in [6.45, 7) is 4.71. The van der Waals surface area contributed by atoms with Crippen molar-refractivity contribution in [3.63, 3.8) is 0 Å². The van der Waals surface area contributed by atoms with Gasteiger partial charge >= 0.3 is 0 Å². The number of hydrogen-bond acceptors (Lipinski definition) is 4. The molecule has 0 aliphatic carbocycles. The van der Waals surface area contributed by atoms with E-state index in [0.29, 0.717) is 49.1 Å².